The Bertz CT molecular complexity index is 1170. The molecule has 1 aromatic carbocycles. The van der Waals surface area contributed by atoms with Crippen molar-refractivity contribution in [1.82, 2.24) is 20.2 Å². The van der Waals surface area contributed by atoms with Crippen molar-refractivity contribution in [1.29, 1.82) is 0 Å². The summed E-state index contributed by atoms with van der Waals surface area (Å²) in [6.07, 6.45) is 7.21. The van der Waals surface area contributed by atoms with Crippen LogP contribution in [0.25, 0.3) is 20.7 Å². The highest BCUT2D eigenvalue weighted by molar-refractivity contribution is 9.10. The smallest absolute Gasteiger partial charge is 0.252 e. The van der Waals surface area contributed by atoms with E-state index in [0.29, 0.717) is 30.0 Å². The van der Waals surface area contributed by atoms with Gasteiger partial charge in [-0.15, -0.1) is 36.2 Å². The molecule has 1 aliphatic heterocycles. The summed E-state index contributed by atoms with van der Waals surface area (Å²) in [4.78, 5) is 25.1. The number of piperidine rings is 1. The van der Waals surface area contributed by atoms with Crippen LogP contribution in [0.15, 0.2) is 34.9 Å². The first-order valence-electron chi connectivity index (χ1n) is 12.0. The van der Waals surface area contributed by atoms with Gasteiger partial charge < -0.3 is 15.5 Å². The molecule has 1 aliphatic carbocycles. The molecule has 0 bridgehead atoms. The van der Waals surface area contributed by atoms with Crippen molar-refractivity contribution in [2.45, 2.75) is 38.1 Å². The summed E-state index contributed by atoms with van der Waals surface area (Å²) in [5.74, 6) is 1.26. The summed E-state index contributed by atoms with van der Waals surface area (Å²) in [5, 5.41) is 7.43. The lowest BCUT2D eigenvalue weighted by Crippen LogP contribution is -2.35. The summed E-state index contributed by atoms with van der Waals surface area (Å²) < 4.78 is 14.4. The number of hydrogen-bond acceptors (Lipinski definition) is 6. The number of alkyl halides is 1. The Hall–Kier alpha value is -1.52. The van der Waals surface area contributed by atoms with E-state index in [1.807, 2.05) is 18.2 Å². The maximum atomic E-state index is 12.7. The molecule has 6 nitrogen and oxygen atoms in total. The van der Waals surface area contributed by atoms with Crippen molar-refractivity contribution in [3.05, 3.63) is 40.5 Å². The van der Waals surface area contributed by atoms with Gasteiger partial charge >= 0.3 is 0 Å². The standard InChI is InChI=1S/C25H29BrFN5OS.2ClH/c26-20-15-29-25(28-10-6-16-7-11-32(12-8-16)13-9-27)31-23(20)22-14-19-18(2-1-3-21(19)34-22)24(33)30-17-4-5-17;;/h1-3,14-17H,4-13H2,(H,30,33)(H,28,29,31);2*1H. The predicted molar refractivity (Wildman–Crippen MR) is 154 cm³/mol. The van der Waals surface area contributed by atoms with E-state index in [-0.39, 0.29) is 37.4 Å². The average molecular weight is 619 g/mol. The van der Waals surface area contributed by atoms with Crippen molar-refractivity contribution in [2.24, 2.45) is 5.92 Å². The molecule has 2 aromatic heterocycles. The first-order valence-corrected chi connectivity index (χ1v) is 13.6. The molecule has 3 heterocycles. The van der Waals surface area contributed by atoms with Gasteiger partial charge in [-0.2, -0.15) is 0 Å². The number of anilines is 1. The summed E-state index contributed by atoms with van der Waals surface area (Å²) >= 11 is 5.24. The lowest BCUT2D eigenvalue weighted by atomic mass is 9.93. The molecular weight excluding hydrogens is 588 g/mol. The highest BCUT2D eigenvalue weighted by Crippen LogP contribution is 2.37. The maximum absolute atomic E-state index is 12.7. The number of nitrogens with zero attached hydrogens (tertiary/aromatic N) is 3. The Labute approximate surface area is 235 Å². The van der Waals surface area contributed by atoms with Crippen LogP contribution in [0, 0.1) is 5.92 Å². The van der Waals surface area contributed by atoms with Gasteiger partial charge in [-0.05, 0) is 85.2 Å². The Morgan fingerprint density at radius 3 is 2.69 bits per heavy atom. The zero-order chi connectivity index (χ0) is 23.5. The van der Waals surface area contributed by atoms with Crippen LogP contribution >= 0.6 is 52.1 Å². The molecular formula is C25H31BrCl2FN5OS. The number of halogens is 4. The third-order valence-corrected chi connectivity index (χ3v) is 8.33. The molecule has 1 saturated heterocycles. The minimum absolute atomic E-state index is 0. The van der Waals surface area contributed by atoms with Crippen LogP contribution in [0.2, 0.25) is 0 Å². The van der Waals surface area contributed by atoms with Gasteiger partial charge in [0.1, 0.15) is 12.4 Å². The molecule has 1 amide bonds. The van der Waals surface area contributed by atoms with E-state index in [4.69, 9.17) is 4.98 Å². The van der Waals surface area contributed by atoms with Crippen LogP contribution in [0.3, 0.4) is 0 Å². The van der Waals surface area contributed by atoms with Gasteiger partial charge in [0.15, 0.2) is 0 Å². The average Bonchev–Trinajstić information content (AvgIpc) is 3.55. The number of amides is 1. The molecule has 3 aromatic rings. The fraction of sp³-hybridized carbons (Fsp3) is 0.480. The molecule has 2 aliphatic rings. The van der Waals surface area contributed by atoms with Crippen LogP contribution in [0.1, 0.15) is 42.5 Å². The third-order valence-electron chi connectivity index (χ3n) is 6.64. The number of fused-ring (bicyclic) bond motifs is 1. The zero-order valence-corrected chi connectivity index (χ0v) is 23.9. The van der Waals surface area contributed by atoms with Crippen molar-refractivity contribution in [3.8, 4) is 10.6 Å². The second-order valence-corrected chi connectivity index (χ2v) is 11.1. The molecule has 2 N–H and O–H groups in total. The Balaban J connectivity index is 0.00000180. The minimum atomic E-state index is -0.260. The second-order valence-electron chi connectivity index (χ2n) is 9.16. The van der Waals surface area contributed by atoms with Crippen molar-refractivity contribution in [3.63, 3.8) is 0 Å². The lowest BCUT2D eigenvalue weighted by Gasteiger charge is -2.31. The van der Waals surface area contributed by atoms with Crippen LogP contribution < -0.4 is 10.6 Å². The fourth-order valence-corrected chi connectivity index (χ4v) is 6.13. The van der Waals surface area contributed by atoms with E-state index in [1.165, 1.54) is 0 Å². The van der Waals surface area contributed by atoms with Crippen LogP contribution in [-0.4, -0.2) is 59.7 Å². The van der Waals surface area contributed by atoms with Gasteiger partial charge in [0, 0.05) is 41.0 Å². The molecule has 0 atom stereocenters. The molecule has 1 saturated carbocycles. The van der Waals surface area contributed by atoms with Crippen molar-refractivity contribution >= 4 is 74.0 Å². The quantitative estimate of drug-likeness (QED) is 0.293. The monoisotopic (exact) mass is 617 g/mol. The molecule has 0 spiro atoms. The van der Waals surface area contributed by atoms with Crippen LogP contribution in [0.5, 0.6) is 0 Å². The van der Waals surface area contributed by atoms with E-state index < -0.39 is 0 Å². The largest absolute Gasteiger partial charge is 0.354 e. The van der Waals surface area contributed by atoms with Gasteiger partial charge in [-0.25, -0.2) is 14.4 Å². The Kier molecular flexibility index (Phi) is 10.8. The number of benzene rings is 1. The van der Waals surface area contributed by atoms with E-state index in [9.17, 15) is 9.18 Å². The highest BCUT2D eigenvalue weighted by Gasteiger charge is 2.25. The molecule has 2 fully saturated rings. The first-order chi connectivity index (χ1) is 16.6. The van der Waals surface area contributed by atoms with Gasteiger partial charge in [-0.1, -0.05) is 6.07 Å². The minimum Gasteiger partial charge on any atom is -0.354 e. The van der Waals surface area contributed by atoms with Gasteiger partial charge in [-0.3, -0.25) is 4.79 Å². The van der Waals surface area contributed by atoms with E-state index in [0.717, 1.165) is 76.9 Å². The number of carbonyl (C=O) groups excluding carboxylic acids is 1. The van der Waals surface area contributed by atoms with Crippen molar-refractivity contribution < 1.29 is 9.18 Å². The maximum Gasteiger partial charge on any atom is 0.252 e. The number of carbonyl (C=O) groups is 1. The van der Waals surface area contributed by atoms with Crippen LogP contribution in [-0.2, 0) is 0 Å². The summed E-state index contributed by atoms with van der Waals surface area (Å²) in [6.45, 7) is 3.09. The molecule has 196 valence electrons. The summed E-state index contributed by atoms with van der Waals surface area (Å²) in [6, 6.07) is 8.26. The van der Waals surface area contributed by atoms with Gasteiger partial charge in [0.25, 0.3) is 5.91 Å². The van der Waals surface area contributed by atoms with E-state index in [2.05, 4.69) is 42.5 Å². The first kappa shape index (κ1) is 29.0. The number of rotatable bonds is 9. The highest BCUT2D eigenvalue weighted by atomic mass is 79.9. The summed E-state index contributed by atoms with van der Waals surface area (Å²) in [5.41, 5.74) is 1.54. The topological polar surface area (TPSA) is 70.2 Å². The summed E-state index contributed by atoms with van der Waals surface area (Å²) in [7, 11) is 0. The molecule has 0 radical (unpaired) electrons. The zero-order valence-electron chi connectivity index (χ0n) is 19.8. The number of nitrogens with one attached hydrogen (secondary N) is 2. The normalized spacial score (nSPS) is 16.3. The second kappa shape index (κ2) is 13.3. The lowest BCUT2D eigenvalue weighted by molar-refractivity contribution is 0.0952. The fourth-order valence-electron chi connectivity index (χ4n) is 4.50. The number of aromatic nitrogens is 2. The van der Waals surface area contributed by atoms with E-state index in [1.54, 1.807) is 17.5 Å². The van der Waals surface area contributed by atoms with E-state index >= 15 is 0 Å². The molecule has 0 unspecified atom stereocenters. The van der Waals surface area contributed by atoms with Gasteiger partial charge in [0.2, 0.25) is 5.95 Å². The number of thiophene rings is 1. The third kappa shape index (κ3) is 7.07. The Morgan fingerprint density at radius 1 is 1.19 bits per heavy atom. The molecule has 5 rings (SSSR count). The molecule has 36 heavy (non-hydrogen) atoms. The molecule has 11 heteroatoms. The number of hydrogen-bond donors (Lipinski definition) is 2. The SMILES string of the molecule is Cl.Cl.O=C(NC1CC1)c1cccc2sc(-c3nc(NCCC4CCN(CCF)CC4)ncc3Br)cc12. The van der Waals surface area contributed by atoms with Crippen molar-refractivity contribution in [2.75, 3.05) is 38.2 Å². The number of likely N-dealkylation sites (tertiary alicyclic amines) is 1. The van der Waals surface area contributed by atoms with Gasteiger partial charge in [0.05, 0.1) is 9.35 Å². The predicted octanol–water partition coefficient (Wildman–Crippen LogP) is 6.34. The Morgan fingerprint density at radius 2 is 1.97 bits per heavy atom. The van der Waals surface area contributed by atoms with Crippen LogP contribution in [0.4, 0.5) is 10.3 Å².